The van der Waals surface area contributed by atoms with Gasteiger partial charge in [0.2, 0.25) is 0 Å². The number of morpholine rings is 1. The van der Waals surface area contributed by atoms with E-state index in [-0.39, 0.29) is 11.9 Å². The van der Waals surface area contributed by atoms with Crippen molar-refractivity contribution in [3.05, 3.63) is 65.2 Å². The zero-order chi connectivity index (χ0) is 20.2. The molecule has 1 saturated heterocycles. The summed E-state index contributed by atoms with van der Waals surface area (Å²) in [7, 11) is 1.66. The third-order valence-corrected chi connectivity index (χ3v) is 5.46. The van der Waals surface area contributed by atoms with Crippen LogP contribution in [-0.2, 0) is 9.53 Å². The Morgan fingerprint density at radius 2 is 1.97 bits per heavy atom. The molecule has 0 N–H and O–H groups in total. The lowest BCUT2D eigenvalue weighted by atomic mass is 9.97. The lowest BCUT2D eigenvalue weighted by Gasteiger charge is -2.29. The number of nitrogens with zero attached hydrogens (tertiary/aromatic N) is 3. The van der Waals surface area contributed by atoms with Gasteiger partial charge in [-0.2, -0.15) is 5.10 Å². The first kappa shape index (κ1) is 19.6. The van der Waals surface area contributed by atoms with Crippen molar-refractivity contribution in [2.24, 2.45) is 5.10 Å². The van der Waals surface area contributed by atoms with Crippen molar-refractivity contribution in [2.45, 2.75) is 19.4 Å². The fourth-order valence-corrected chi connectivity index (χ4v) is 3.88. The van der Waals surface area contributed by atoms with Crippen LogP contribution in [0.2, 0.25) is 0 Å². The average Bonchev–Trinajstić information content (AvgIpc) is 3.20. The maximum absolute atomic E-state index is 13.2. The minimum atomic E-state index is -0.0929. The van der Waals surface area contributed by atoms with Crippen molar-refractivity contribution in [1.82, 2.24) is 9.91 Å². The second-order valence-corrected chi connectivity index (χ2v) is 7.54. The number of ether oxygens (including phenoxy) is 2. The van der Waals surface area contributed by atoms with Gasteiger partial charge in [0.05, 0.1) is 38.6 Å². The molecule has 1 unspecified atom stereocenters. The van der Waals surface area contributed by atoms with Gasteiger partial charge in [0.1, 0.15) is 5.75 Å². The molecule has 0 spiro atoms. The molecule has 1 fully saturated rings. The third-order valence-electron chi connectivity index (χ3n) is 5.46. The van der Waals surface area contributed by atoms with E-state index >= 15 is 0 Å². The molecule has 1 amide bonds. The van der Waals surface area contributed by atoms with Crippen molar-refractivity contribution >= 4 is 11.6 Å². The van der Waals surface area contributed by atoms with Gasteiger partial charge in [-0.3, -0.25) is 9.69 Å². The highest BCUT2D eigenvalue weighted by Gasteiger charge is 2.34. The monoisotopic (exact) mass is 393 g/mol. The van der Waals surface area contributed by atoms with E-state index in [0.717, 1.165) is 35.7 Å². The summed E-state index contributed by atoms with van der Waals surface area (Å²) in [5.41, 5.74) is 4.19. The van der Waals surface area contributed by atoms with Gasteiger partial charge in [-0.15, -0.1) is 0 Å². The molecule has 2 aliphatic rings. The van der Waals surface area contributed by atoms with Gasteiger partial charge < -0.3 is 9.47 Å². The second kappa shape index (κ2) is 8.76. The number of carbonyl (C=O) groups is 1. The number of benzene rings is 2. The zero-order valence-corrected chi connectivity index (χ0v) is 17.0. The Morgan fingerprint density at radius 1 is 1.17 bits per heavy atom. The largest absolute Gasteiger partial charge is 0.497 e. The van der Waals surface area contributed by atoms with E-state index in [0.29, 0.717) is 26.2 Å². The number of carbonyl (C=O) groups excluding carboxylic acids is 1. The minimum absolute atomic E-state index is 0.0244. The van der Waals surface area contributed by atoms with Gasteiger partial charge in [-0.1, -0.05) is 42.0 Å². The maximum Gasteiger partial charge on any atom is 0.257 e. The van der Waals surface area contributed by atoms with Crippen molar-refractivity contribution in [3.8, 4) is 5.75 Å². The van der Waals surface area contributed by atoms with Crippen LogP contribution in [0, 0.1) is 6.92 Å². The molecule has 0 saturated carbocycles. The maximum atomic E-state index is 13.2. The molecule has 0 aromatic heterocycles. The van der Waals surface area contributed by atoms with Gasteiger partial charge >= 0.3 is 0 Å². The van der Waals surface area contributed by atoms with E-state index in [1.54, 1.807) is 12.1 Å². The van der Waals surface area contributed by atoms with Crippen LogP contribution in [0.3, 0.4) is 0 Å². The van der Waals surface area contributed by atoms with Crippen LogP contribution in [0.25, 0.3) is 0 Å². The van der Waals surface area contributed by atoms with Gasteiger partial charge in [0, 0.05) is 25.1 Å². The van der Waals surface area contributed by atoms with E-state index in [9.17, 15) is 4.79 Å². The SMILES string of the molecule is COc1cccc(C2=NN(C(=O)CN3CCOCC3)C(c3cccc(C)c3)C2)c1. The zero-order valence-electron chi connectivity index (χ0n) is 17.0. The second-order valence-electron chi connectivity index (χ2n) is 7.54. The third kappa shape index (κ3) is 4.49. The molecule has 0 radical (unpaired) electrons. The summed E-state index contributed by atoms with van der Waals surface area (Å²) in [5, 5.41) is 6.45. The Bertz CT molecular complexity index is 906. The van der Waals surface area contributed by atoms with Crippen LogP contribution in [0.4, 0.5) is 0 Å². The molecule has 0 bridgehead atoms. The summed E-state index contributed by atoms with van der Waals surface area (Å²) >= 11 is 0. The van der Waals surface area contributed by atoms with Gasteiger partial charge in [-0.05, 0) is 24.6 Å². The molecule has 6 heteroatoms. The predicted molar refractivity (Wildman–Crippen MR) is 112 cm³/mol. The topological polar surface area (TPSA) is 54.4 Å². The quantitative estimate of drug-likeness (QED) is 0.784. The van der Waals surface area contributed by atoms with Crippen molar-refractivity contribution in [3.63, 3.8) is 0 Å². The smallest absolute Gasteiger partial charge is 0.257 e. The number of amides is 1. The van der Waals surface area contributed by atoms with Gasteiger partial charge in [-0.25, -0.2) is 5.01 Å². The normalized spacial score (nSPS) is 19.9. The van der Waals surface area contributed by atoms with E-state index in [1.807, 2.05) is 30.3 Å². The van der Waals surface area contributed by atoms with Crippen LogP contribution in [0.5, 0.6) is 5.75 Å². The highest BCUT2D eigenvalue weighted by Crippen LogP contribution is 2.34. The van der Waals surface area contributed by atoms with Gasteiger partial charge in [0.25, 0.3) is 5.91 Å². The van der Waals surface area contributed by atoms with Crippen molar-refractivity contribution in [2.75, 3.05) is 40.0 Å². The molecular formula is C23H27N3O3. The molecule has 29 heavy (non-hydrogen) atoms. The summed E-state index contributed by atoms with van der Waals surface area (Å²) in [5.74, 6) is 0.812. The first-order valence-electron chi connectivity index (χ1n) is 10.0. The lowest BCUT2D eigenvalue weighted by Crippen LogP contribution is -2.43. The number of hydrogen-bond donors (Lipinski definition) is 0. The average molecular weight is 393 g/mol. The van der Waals surface area contributed by atoms with Gasteiger partial charge in [0.15, 0.2) is 0 Å². The van der Waals surface area contributed by atoms with E-state index in [1.165, 1.54) is 5.56 Å². The molecule has 2 aliphatic heterocycles. The van der Waals surface area contributed by atoms with Crippen molar-refractivity contribution < 1.29 is 14.3 Å². The molecule has 2 aromatic carbocycles. The molecule has 0 aliphatic carbocycles. The first-order chi connectivity index (χ1) is 14.1. The number of hydrogen-bond acceptors (Lipinski definition) is 5. The Kier molecular flexibility index (Phi) is 5.92. The Hall–Kier alpha value is -2.70. The van der Waals surface area contributed by atoms with E-state index in [2.05, 4.69) is 30.0 Å². The minimum Gasteiger partial charge on any atom is -0.497 e. The summed E-state index contributed by atoms with van der Waals surface area (Å²) in [6.45, 7) is 5.34. The highest BCUT2D eigenvalue weighted by atomic mass is 16.5. The number of methoxy groups -OCH3 is 1. The summed E-state index contributed by atoms with van der Waals surface area (Å²) < 4.78 is 10.8. The fraction of sp³-hybridized carbons (Fsp3) is 0.391. The molecule has 2 aromatic rings. The molecule has 6 nitrogen and oxygen atoms in total. The predicted octanol–water partition coefficient (Wildman–Crippen LogP) is 3.01. The van der Waals surface area contributed by atoms with Crippen LogP contribution in [-0.4, -0.2) is 61.5 Å². The van der Waals surface area contributed by atoms with Crippen LogP contribution in [0.15, 0.2) is 53.6 Å². The summed E-state index contributed by atoms with van der Waals surface area (Å²) in [6.07, 6.45) is 0.686. The van der Waals surface area contributed by atoms with E-state index < -0.39 is 0 Å². The molecule has 4 rings (SSSR count). The Morgan fingerprint density at radius 3 is 2.72 bits per heavy atom. The van der Waals surface area contributed by atoms with Crippen LogP contribution in [0.1, 0.15) is 29.2 Å². The van der Waals surface area contributed by atoms with Crippen LogP contribution >= 0.6 is 0 Å². The standard InChI is InChI=1S/C23H27N3O3/c1-17-5-3-7-19(13-17)22-15-21(18-6-4-8-20(14-18)28-2)24-26(22)23(27)16-25-9-11-29-12-10-25/h3-8,13-14,22H,9-12,15-16H2,1-2H3. The molecule has 2 heterocycles. The molecule has 1 atom stereocenters. The Labute approximate surface area is 171 Å². The first-order valence-corrected chi connectivity index (χ1v) is 10.0. The lowest BCUT2D eigenvalue weighted by molar-refractivity contribution is -0.135. The van der Waals surface area contributed by atoms with Crippen molar-refractivity contribution in [1.29, 1.82) is 0 Å². The number of hydrazone groups is 1. The highest BCUT2D eigenvalue weighted by molar-refractivity contribution is 6.03. The number of aryl methyl sites for hydroxylation is 1. The summed E-state index contributed by atoms with van der Waals surface area (Å²) in [6, 6.07) is 16.1. The van der Waals surface area contributed by atoms with E-state index in [4.69, 9.17) is 14.6 Å². The van der Waals surface area contributed by atoms with Crippen LogP contribution < -0.4 is 4.74 Å². The molecule has 152 valence electrons. The number of rotatable bonds is 5. The Balaban J connectivity index is 1.62. The fourth-order valence-electron chi connectivity index (χ4n) is 3.88. The molecular weight excluding hydrogens is 366 g/mol. The summed E-state index contributed by atoms with van der Waals surface area (Å²) in [4.78, 5) is 15.3.